The number of hydrogen-bond acceptors (Lipinski definition) is 5. The van der Waals surface area contributed by atoms with Gasteiger partial charge in [-0.2, -0.15) is 4.31 Å². The topological polar surface area (TPSA) is 78.9 Å². The standard InChI is InChI=1S/C21H27N3O4S/c1-15-5-8-19(28-4)18(13-15)22-21(25)17-7-6-16(2)20(14-17)29(26,27)24-11-9-23(3)10-12-24/h5-8,13-14H,9-12H2,1-4H3,(H,22,25). The van der Waals surface area contributed by atoms with Gasteiger partial charge in [0, 0.05) is 31.7 Å². The summed E-state index contributed by atoms with van der Waals surface area (Å²) in [6.45, 7) is 5.91. The second kappa shape index (κ2) is 8.52. The Balaban J connectivity index is 1.89. The molecule has 2 aromatic rings. The fraction of sp³-hybridized carbons (Fsp3) is 0.381. The lowest BCUT2D eigenvalue weighted by Crippen LogP contribution is -2.47. The van der Waals surface area contributed by atoms with Gasteiger partial charge >= 0.3 is 0 Å². The third-order valence-electron chi connectivity index (χ3n) is 5.13. The number of nitrogens with one attached hydrogen (secondary N) is 1. The number of ether oxygens (including phenoxy) is 1. The average Bonchev–Trinajstić information content (AvgIpc) is 2.68. The van der Waals surface area contributed by atoms with Gasteiger partial charge in [0.15, 0.2) is 0 Å². The second-order valence-electron chi connectivity index (χ2n) is 7.35. The molecule has 0 spiro atoms. The lowest BCUT2D eigenvalue weighted by atomic mass is 10.1. The number of piperazine rings is 1. The van der Waals surface area contributed by atoms with Gasteiger partial charge in [0.1, 0.15) is 5.75 Å². The highest BCUT2D eigenvalue weighted by Gasteiger charge is 2.29. The van der Waals surface area contributed by atoms with Crippen molar-refractivity contribution < 1.29 is 17.9 Å². The van der Waals surface area contributed by atoms with E-state index in [2.05, 4.69) is 10.2 Å². The number of anilines is 1. The van der Waals surface area contributed by atoms with E-state index in [1.807, 2.05) is 26.1 Å². The number of rotatable bonds is 5. The second-order valence-corrected chi connectivity index (χ2v) is 9.25. The van der Waals surface area contributed by atoms with Crippen molar-refractivity contribution >= 4 is 21.6 Å². The predicted molar refractivity (Wildman–Crippen MR) is 113 cm³/mol. The number of methoxy groups -OCH3 is 1. The molecule has 0 unspecified atom stereocenters. The Bertz CT molecular complexity index is 1010. The Hall–Kier alpha value is -2.42. The number of carbonyl (C=O) groups excluding carboxylic acids is 1. The molecule has 0 bridgehead atoms. The maximum Gasteiger partial charge on any atom is 0.255 e. The third-order valence-corrected chi connectivity index (χ3v) is 7.17. The van der Waals surface area contributed by atoms with Crippen molar-refractivity contribution in [2.24, 2.45) is 0 Å². The maximum absolute atomic E-state index is 13.1. The minimum atomic E-state index is -3.66. The molecule has 0 saturated carbocycles. The van der Waals surface area contributed by atoms with Gasteiger partial charge in [-0.05, 0) is 56.3 Å². The zero-order chi connectivity index (χ0) is 21.2. The summed E-state index contributed by atoms with van der Waals surface area (Å²) in [5, 5.41) is 2.82. The number of aryl methyl sites for hydroxylation is 2. The third kappa shape index (κ3) is 4.60. The molecular weight excluding hydrogens is 390 g/mol. The molecule has 0 aliphatic carbocycles. The van der Waals surface area contributed by atoms with Gasteiger partial charge in [-0.3, -0.25) is 4.79 Å². The lowest BCUT2D eigenvalue weighted by molar-refractivity contribution is 0.102. The number of sulfonamides is 1. The first-order valence-electron chi connectivity index (χ1n) is 9.47. The lowest BCUT2D eigenvalue weighted by Gasteiger charge is -2.32. The van der Waals surface area contributed by atoms with Crippen LogP contribution in [0.3, 0.4) is 0 Å². The number of amides is 1. The van der Waals surface area contributed by atoms with E-state index in [-0.39, 0.29) is 16.4 Å². The van der Waals surface area contributed by atoms with Crippen molar-refractivity contribution in [3.05, 3.63) is 53.1 Å². The molecule has 156 valence electrons. The van der Waals surface area contributed by atoms with Crippen LogP contribution >= 0.6 is 0 Å². The van der Waals surface area contributed by atoms with Crippen LogP contribution in [0.1, 0.15) is 21.5 Å². The van der Waals surface area contributed by atoms with E-state index in [1.54, 1.807) is 25.1 Å². The van der Waals surface area contributed by atoms with Gasteiger partial charge in [0.25, 0.3) is 5.91 Å². The highest BCUT2D eigenvalue weighted by molar-refractivity contribution is 7.89. The van der Waals surface area contributed by atoms with E-state index in [0.717, 1.165) is 5.56 Å². The summed E-state index contributed by atoms with van der Waals surface area (Å²) in [6.07, 6.45) is 0. The first kappa shape index (κ1) is 21.3. The van der Waals surface area contributed by atoms with Crippen LogP contribution in [0.15, 0.2) is 41.3 Å². The van der Waals surface area contributed by atoms with Crippen molar-refractivity contribution in [1.82, 2.24) is 9.21 Å². The SMILES string of the molecule is COc1ccc(C)cc1NC(=O)c1ccc(C)c(S(=O)(=O)N2CCN(C)CC2)c1. The monoisotopic (exact) mass is 417 g/mol. The molecule has 2 aromatic carbocycles. The zero-order valence-electron chi connectivity index (χ0n) is 17.2. The normalized spacial score (nSPS) is 15.9. The molecule has 7 nitrogen and oxygen atoms in total. The fourth-order valence-corrected chi connectivity index (χ4v) is 4.97. The minimum Gasteiger partial charge on any atom is -0.495 e. The molecule has 3 rings (SSSR count). The van der Waals surface area contributed by atoms with Crippen LogP contribution in [0, 0.1) is 13.8 Å². The highest BCUT2D eigenvalue weighted by atomic mass is 32.2. The van der Waals surface area contributed by atoms with Crippen LogP contribution in [0.5, 0.6) is 5.75 Å². The van der Waals surface area contributed by atoms with Gasteiger partial charge in [-0.15, -0.1) is 0 Å². The maximum atomic E-state index is 13.1. The number of likely N-dealkylation sites (N-methyl/N-ethyl adjacent to an activating group) is 1. The molecule has 1 fully saturated rings. The summed E-state index contributed by atoms with van der Waals surface area (Å²) < 4.78 is 33.1. The summed E-state index contributed by atoms with van der Waals surface area (Å²) in [5.74, 6) is 0.157. The van der Waals surface area contributed by atoms with Crippen molar-refractivity contribution in [2.75, 3.05) is 45.7 Å². The Morgan fingerprint density at radius 3 is 2.38 bits per heavy atom. The Kier molecular flexibility index (Phi) is 6.26. The van der Waals surface area contributed by atoms with Crippen molar-refractivity contribution in [2.45, 2.75) is 18.7 Å². The van der Waals surface area contributed by atoms with Gasteiger partial charge in [-0.1, -0.05) is 12.1 Å². The minimum absolute atomic E-state index is 0.172. The molecule has 1 aliphatic rings. The summed E-state index contributed by atoms with van der Waals surface area (Å²) in [5.41, 5.74) is 2.42. The first-order chi connectivity index (χ1) is 13.7. The summed E-state index contributed by atoms with van der Waals surface area (Å²) in [7, 11) is -0.156. The van der Waals surface area contributed by atoms with E-state index < -0.39 is 10.0 Å². The largest absolute Gasteiger partial charge is 0.495 e. The number of benzene rings is 2. The van der Waals surface area contributed by atoms with Gasteiger partial charge in [0.05, 0.1) is 17.7 Å². The van der Waals surface area contributed by atoms with E-state index >= 15 is 0 Å². The van der Waals surface area contributed by atoms with Gasteiger partial charge < -0.3 is 15.0 Å². The van der Waals surface area contributed by atoms with Crippen LogP contribution in [0.25, 0.3) is 0 Å². The number of hydrogen-bond donors (Lipinski definition) is 1. The molecule has 1 amide bonds. The molecule has 1 N–H and O–H groups in total. The van der Waals surface area contributed by atoms with Crippen LogP contribution in [0.2, 0.25) is 0 Å². The van der Waals surface area contributed by atoms with Crippen LogP contribution in [0.4, 0.5) is 5.69 Å². The smallest absolute Gasteiger partial charge is 0.255 e. The Labute approximate surface area is 172 Å². The molecule has 1 aliphatic heterocycles. The Morgan fingerprint density at radius 1 is 1.03 bits per heavy atom. The summed E-state index contributed by atoms with van der Waals surface area (Å²) in [6, 6.07) is 10.2. The molecule has 8 heteroatoms. The zero-order valence-corrected chi connectivity index (χ0v) is 18.0. The summed E-state index contributed by atoms with van der Waals surface area (Å²) >= 11 is 0. The van der Waals surface area contributed by atoms with E-state index in [0.29, 0.717) is 43.2 Å². The molecule has 0 radical (unpaired) electrons. The number of nitrogens with zero attached hydrogens (tertiary/aromatic N) is 2. The predicted octanol–water partition coefficient (Wildman–Crippen LogP) is 2.50. The van der Waals surface area contributed by atoms with Crippen molar-refractivity contribution in [3.8, 4) is 5.75 Å². The van der Waals surface area contributed by atoms with Gasteiger partial charge in [0.2, 0.25) is 10.0 Å². The van der Waals surface area contributed by atoms with E-state index in [9.17, 15) is 13.2 Å². The highest BCUT2D eigenvalue weighted by Crippen LogP contribution is 2.27. The van der Waals surface area contributed by atoms with Gasteiger partial charge in [-0.25, -0.2) is 8.42 Å². The molecule has 1 heterocycles. The molecule has 0 atom stereocenters. The van der Waals surface area contributed by atoms with Crippen LogP contribution < -0.4 is 10.1 Å². The van der Waals surface area contributed by atoms with E-state index in [1.165, 1.54) is 17.5 Å². The molecular formula is C21H27N3O4S. The Morgan fingerprint density at radius 2 is 1.72 bits per heavy atom. The van der Waals surface area contributed by atoms with Crippen molar-refractivity contribution in [3.63, 3.8) is 0 Å². The molecule has 1 saturated heterocycles. The number of carbonyl (C=O) groups is 1. The molecule has 0 aromatic heterocycles. The van der Waals surface area contributed by atoms with Crippen LogP contribution in [-0.4, -0.2) is 63.9 Å². The fourth-order valence-electron chi connectivity index (χ4n) is 3.30. The summed E-state index contributed by atoms with van der Waals surface area (Å²) in [4.78, 5) is 15.1. The van der Waals surface area contributed by atoms with Crippen molar-refractivity contribution in [1.29, 1.82) is 0 Å². The first-order valence-corrected chi connectivity index (χ1v) is 10.9. The molecule has 29 heavy (non-hydrogen) atoms. The van der Waals surface area contributed by atoms with E-state index in [4.69, 9.17) is 4.74 Å². The van der Waals surface area contributed by atoms with Crippen LogP contribution in [-0.2, 0) is 10.0 Å². The quantitative estimate of drug-likeness (QED) is 0.809. The average molecular weight is 418 g/mol.